The topological polar surface area (TPSA) is 54.4 Å². The Labute approximate surface area is 90.7 Å². The normalized spacial score (nSPS) is 16.0. The molecule has 0 bridgehead atoms. The predicted octanol–water partition coefficient (Wildman–Crippen LogP) is 1.46. The molecule has 1 N–H and O–H groups in total. The standard InChI is InChI=1S/C11H16O3S/c1-8-6-4-5-7-10(8)11(12)9(2)15(3,13)14/h4-7,9,11-12H,1-3H3. The van der Waals surface area contributed by atoms with Crippen molar-refractivity contribution in [3.05, 3.63) is 35.4 Å². The van der Waals surface area contributed by atoms with Gasteiger partial charge in [0.25, 0.3) is 0 Å². The van der Waals surface area contributed by atoms with Crippen LogP contribution in [0.2, 0.25) is 0 Å². The minimum absolute atomic E-state index is 0.676. The van der Waals surface area contributed by atoms with Gasteiger partial charge >= 0.3 is 0 Å². The zero-order chi connectivity index (χ0) is 11.6. The average Bonchev–Trinajstić information content (AvgIpc) is 2.15. The van der Waals surface area contributed by atoms with Gasteiger partial charge in [-0.05, 0) is 25.0 Å². The number of rotatable bonds is 3. The van der Waals surface area contributed by atoms with Crippen LogP contribution in [0.5, 0.6) is 0 Å². The maximum atomic E-state index is 11.3. The Balaban J connectivity index is 3.06. The fraction of sp³-hybridized carbons (Fsp3) is 0.455. The first-order chi connectivity index (χ1) is 6.84. The van der Waals surface area contributed by atoms with Crippen molar-refractivity contribution in [2.45, 2.75) is 25.2 Å². The summed E-state index contributed by atoms with van der Waals surface area (Å²) in [4.78, 5) is 0. The van der Waals surface area contributed by atoms with E-state index in [4.69, 9.17) is 0 Å². The zero-order valence-corrected chi connectivity index (χ0v) is 9.95. The quantitative estimate of drug-likeness (QED) is 0.852. The van der Waals surface area contributed by atoms with E-state index in [0.29, 0.717) is 5.56 Å². The Morgan fingerprint density at radius 2 is 1.80 bits per heavy atom. The second-order valence-corrected chi connectivity index (χ2v) is 6.24. The summed E-state index contributed by atoms with van der Waals surface area (Å²) < 4.78 is 22.6. The molecule has 84 valence electrons. The average molecular weight is 228 g/mol. The number of aliphatic hydroxyl groups excluding tert-OH is 1. The molecular weight excluding hydrogens is 212 g/mol. The maximum absolute atomic E-state index is 11.3. The molecule has 3 nitrogen and oxygen atoms in total. The Hall–Kier alpha value is -0.870. The maximum Gasteiger partial charge on any atom is 0.152 e. The van der Waals surface area contributed by atoms with Crippen molar-refractivity contribution in [3.8, 4) is 0 Å². The molecule has 0 aliphatic rings. The van der Waals surface area contributed by atoms with Crippen LogP contribution in [0, 0.1) is 6.92 Å². The first-order valence-corrected chi connectivity index (χ1v) is 6.72. The fourth-order valence-electron chi connectivity index (χ4n) is 1.41. The van der Waals surface area contributed by atoms with Gasteiger partial charge < -0.3 is 5.11 Å². The van der Waals surface area contributed by atoms with Gasteiger partial charge in [-0.2, -0.15) is 0 Å². The zero-order valence-electron chi connectivity index (χ0n) is 9.14. The molecule has 0 saturated carbocycles. The van der Waals surface area contributed by atoms with Crippen LogP contribution in [0.4, 0.5) is 0 Å². The van der Waals surface area contributed by atoms with Crippen molar-refractivity contribution in [2.24, 2.45) is 0 Å². The lowest BCUT2D eigenvalue weighted by Gasteiger charge is -2.19. The van der Waals surface area contributed by atoms with E-state index in [1.807, 2.05) is 19.1 Å². The number of hydrogen-bond donors (Lipinski definition) is 1. The summed E-state index contributed by atoms with van der Waals surface area (Å²) in [7, 11) is -3.22. The molecule has 0 amide bonds. The van der Waals surface area contributed by atoms with Crippen molar-refractivity contribution in [3.63, 3.8) is 0 Å². The highest BCUT2D eigenvalue weighted by Gasteiger charge is 2.26. The molecule has 0 radical (unpaired) electrons. The lowest BCUT2D eigenvalue weighted by atomic mass is 10.0. The molecule has 0 spiro atoms. The number of hydrogen-bond acceptors (Lipinski definition) is 3. The summed E-state index contributed by atoms with van der Waals surface area (Å²) in [6.07, 6.45) is 0.181. The smallest absolute Gasteiger partial charge is 0.152 e. The van der Waals surface area contributed by atoms with Crippen molar-refractivity contribution >= 4 is 9.84 Å². The molecule has 15 heavy (non-hydrogen) atoms. The van der Waals surface area contributed by atoms with Crippen LogP contribution in [0.25, 0.3) is 0 Å². The van der Waals surface area contributed by atoms with Crippen LogP contribution in [-0.4, -0.2) is 25.0 Å². The van der Waals surface area contributed by atoms with E-state index in [9.17, 15) is 13.5 Å². The summed E-state index contributed by atoms with van der Waals surface area (Å²) in [6.45, 7) is 3.37. The van der Waals surface area contributed by atoms with Crippen molar-refractivity contribution < 1.29 is 13.5 Å². The molecule has 0 fully saturated rings. The van der Waals surface area contributed by atoms with E-state index in [2.05, 4.69) is 0 Å². The Kier molecular flexibility index (Phi) is 3.52. The number of sulfone groups is 1. The lowest BCUT2D eigenvalue weighted by Crippen LogP contribution is -2.24. The summed E-state index contributed by atoms with van der Waals surface area (Å²) in [6, 6.07) is 7.26. The van der Waals surface area contributed by atoms with Crippen molar-refractivity contribution in [1.82, 2.24) is 0 Å². The minimum atomic E-state index is -3.22. The fourth-order valence-corrected chi connectivity index (χ4v) is 2.02. The van der Waals surface area contributed by atoms with E-state index in [0.717, 1.165) is 11.8 Å². The van der Waals surface area contributed by atoms with Crippen LogP contribution >= 0.6 is 0 Å². The molecule has 1 aromatic rings. The molecule has 0 saturated heterocycles. The molecular formula is C11H16O3S. The van der Waals surface area contributed by atoms with E-state index >= 15 is 0 Å². The summed E-state index contributed by atoms with van der Waals surface area (Å²) in [5, 5.41) is 9.15. The van der Waals surface area contributed by atoms with Gasteiger partial charge in [0.15, 0.2) is 9.84 Å². The Morgan fingerprint density at radius 1 is 1.27 bits per heavy atom. The van der Waals surface area contributed by atoms with Gasteiger partial charge in [0.1, 0.15) is 0 Å². The lowest BCUT2D eigenvalue weighted by molar-refractivity contribution is 0.175. The van der Waals surface area contributed by atoms with E-state index in [-0.39, 0.29) is 0 Å². The number of aliphatic hydroxyl groups is 1. The third-order valence-electron chi connectivity index (χ3n) is 2.63. The van der Waals surface area contributed by atoms with E-state index < -0.39 is 21.2 Å². The van der Waals surface area contributed by atoms with Crippen LogP contribution in [0.3, 0.4) is 0 Å². The van der Waals surface area contributed by atoms with Gasteiger partial charge in [-0.3, -0.25) is 0 Å². The SMILES string of the molecule is Cc1ccccc1C(O)C(C)S(C)(=O)=O. The molecule has 4 heteroatoms. The molecule has 0 aromatic heterocycles. The molecule has 0 heterocycles. The highest BCUT2D eigenvalue weighted by Crippen LogP contribution is 2.23. The van der Waals surface area contributed by atoms with E-state index in [1.54, 1.807) is 12.1 Å². The predicted molar refractivity (Wildman–Crippen MR) is 60.4 cm³/mol. The minimum Gasteiger partial charge on any atom is -0.387 e. The first kappa shape index (κ1) is 12.2. The molecule has 1 rings (SSSR count). The molecule has 0 aliphatic carbocycles. The first-order valence-electron chi connectivity index (χ1n) is 4.76. The van der Waals surface area contributed by atoms with Gasteiger partial charge in [-0.1, -0.05) is 24.3 Å². The van der Waals surface area contributed by atoms with E-state index in [1.165, 1.54) is 6.92 Å². The largest absolute Gasteiger partial charge is 0.387 e. The molecule has 2 atom stereocenters. The number of aryl methyl sites for hydroxylation is 1. The van der Waals surface area contributed by atoms with Crippen LogP contribution < -0.4 is 0 Å². The van der Waals surface area contributed by atoms with Gasteiger partial charge in [0, 0.05) is 6.26 Å². The van der Waals surface area contributed by atoms with Gasteiger partial charge in [0.2, 0.25) is 0 Å². The monoisotopic (exact) mass is 228 g/mol. The number of benzene rings is 1. The van der Waals surface area contributed by atoms with Gasteiger partial charge in [-0.15, -0.1) is 0 Å². The molecule has 0 aliphatic heterocycles. The molecule has 1 aromatic carbocycles. The summed E-state index contributed by atoms with van der Waals surface area (Å²) in [5.74, 6) is 0. The third kappa shape index (κ3) is 2.79. The highest BCUT2D eigenvalue weighted by atomic mass is 32.2. The van der Waals surface area contributed by atoms with Gasteiger partial charge in [-0.25, -0.2) is 8.42 Å². The summed E-state index contributed by atoms with van der Waals surface area (Å²) in [5.41, 5.74) is 1.58. The highest BCUT2D eigenvalue weighted by molar-refractivity contribution is 7.91. The Bertz CT molecular complexity index is 437. The van der Waals surface area contributed by atoms with Crippen LogP contribution in [-0.2, 0) is 9.84 Å². The molecule has 2 unspecified atom stereocenters. The second-order valence-electron chi connectivity index (χ2n) is 3.84. The van der Waals surface area contributed by atoms with Crippen molar-refractivity contribution in [2.75, 3.05) is 6.26 Å². The van der Waals surface area contributed by atoms with Crippen LogP contribution in [0.1, 0.15) is 24.2 Å². The van der Waals surface area contributed by atoms with Crippen LogP contribution in [0.15, 0.2) is 24.3 Å². The summed E-state index contributed by atoms with van der Waals surface area (Å²) >= 11 is 0. The van der Waals surface area contributed by atoms with Crippen molar-refractivity contribution in [1.29, 1.82) is 0 Å². The Morgan fingerprint density at radius 3 is 2.27 bits per heavy atom. The second kappa shape index (κ2) is 4.33. The van der Waals surface area contributed by atoms with Gasteiger partial charge in [0.05, 0.1) is 11.4 Å². The third-order valence-corrected chi connectivity index (χ3v) is 4.24.